The van der Waals surface area contributed by atoms with Gasteiger partial charge in [0.25, 0.3) is 0 Å². The first-order chi connectivity index (χ1) is 9.22. The van der Waals surface area contributed by atoms with E-state index in [0.717, 1.165) is 23.5 Å². The van der Waals surface area contributed by atoms with Crippen LogP contribution in [0, 0.1) is 6.92 Å². The number of nitrogens with one attached hydrogen (secondary N) is 1. The number of ether oxygens (including phenoxy) is 1. The van der Waals surface area contributed by atoms with Crippen molar-refractivity contribution in [2.45, 2.75) is 20.5 Å². The quantitative estimate of drug-likeness (QED) is 0.909. The first-order valence-electron chi connectivity index (χ1n) is 6.14. The minimum Gasteiger partial charge on any atom is -0.472 e. The van der Waals surface area contributed by atoms with E-state index in [9.17, 15) is 0 Å². The molecule has 4 nitrogen and oxygen atoms in total. The molecule has 0 aliphatic heterocycles. The predicted octanol–water partition coefficient (Wildman–Crippen LogP) is 3.45. The van der Waals surface area contributed by atoms with Crippen LogP contribution in [-0.2, 0) is 6.61 Å². The number of hydrogen-bond donors (Lipinski definition) is 1. The first-order valence-corrected chi connectivity index (χ1v) is 6.51. The smallest absolute Gasteiger partial charge is 0.221 e. The molecule has 0 spiro atoms. The molecule has 0 aliphatic carbocycles. The van der Waals surface area contributed by atoms with E-state index in [0.29, 0.717) is 17.5 Å². The van der Waals surface area contributed by atoms with Crippen LogP contribution >= 0.6 is 11.6 Å². The van der Waals surface area contributed by atoms with Crippen molar-refractivity contribution in [3.63, 3.8) is 0 Å². The molecule has 19 heavy (non-hydrogen) atoms. The molecule has 0 saturated carbocycles. The molecule has 100 valence electrons. The molecule has 0 fully saturated rings. The van der Waals surface area contributed by atoms with Crippen molar-refractivity contribution in [2.24, 2.45) is 0 Å². The average Bonchev–Trinajstić information content (AvgIpc) is 2.42. The molecule has 1 aromatic carbocycles. The molecule has 0 radical (unpaired) electrons. The van der Waals surface area contributed by atoms with Crippen LogP contribution in [0.1, 0.15) is 18.1 Å². The molecule has 0 amide bonds. The number of hydrogen-bond acceptors (Lipinski definition) is 4. The van der Waals surface area contributed by atoms with E-state index >= 15 is 0 Å². The van der Waals surface area contributed by atoms with Crippen LogP contribution in [-0.4, -0.2) is 16.5 Å². The normalized spacial score (nSPS) is 10.3. The zero-order valence-corrected chi connectivity index (χ0v) is 11.7. The van der Waals surface area contributed by atoms with Crippen molar-refractivity contribution in [2.75, 3.05) is 11.9 Å². The topological polar surface area (TPSA) is 47.0 Å². The summed E-state index contributed by atoms with van der Waals surface area (Å²) >= 11 is 6.09. The third-order valence-corrected chi connectivity index (χ3v) is 3.07. The molecule has 1 heterocycles. The van der Waals surface area contributed by atoms with Gasteiger partial charge in [-0.05, 0) is 19.9 Å². The Morgan fingerprint density at radius 1 is 1.26 bits per heavy atom. The number of benzene rings is 1. The molecule has 5 heteroatoms. The van der Waals surface area contributed by atoms with Crippen LogP contribution in [0.15, 0.2) is 30.6 Å². The second-order valence-corrected chi connectivity index (χ2v) is 4.47. The monoisotopic (exact) mass is 277 g/mol. The van der Waals surface area contributed by atoms with Gasteiger partial charge in [-0.1, -0.05) is 29.8 Å². The molecular formula is C14H16ClN3O. The maximum atomic E-state index is 6.09. The van der Waals surface area contributed by atoms with Gasteiger partial charge in [0, 0.05) is 17.1 Å². The number of anilines is 1. The summed E-state index contributed by atoms with van der Waals surface area (Å²) in [5, 5.41) is 3.86. The van der Waals surface area contributed by atoms with Gasteiger partial charge in [0.1, 0.15) is 18.8 Å². The fourth-order valence-electron chi connectivity index (χ4n) is 1.69. The van der Waals surface area contributed by atoms with Gasteiger partial charge in [-0.2, -0.15) is 0 Å². The van der Waals surface area contributed by atoms with Crippen molar-refractivity contribution in [3.05, 3.63) is 46.7 Å². The lowest BCUT2D eigenvalue weighted by Gasteiger charge is -2.11. The van der Waals surface area contributed by atoms with Gasteiger partial charge >= 0.3 is 0 Å². The molecule has 1 aromatic heterocycles. The minimum atomic E-state index is 0.392. The Bertz CT molecular complexity index is 560. The second-order valence-electron chi connectivity index (χ2n) is 4.06. The Hall–Kier alpha value is -1.81. The van der Waals surface area contributed by atoms with E-state index in [4.69, 9.17) is 16.3 Å². The number of halogens is 1. The third-order valence-electron chi connectivity index (χ3n) is 2.70. The lowest BCUT2D eigenvalue weighted by atomic mass is 10.2. The van der Waals surface area contributed by atoms with Crippen LogP contribution in [0.3, 0.4) is 0 Å². The van der Waals surface area contributed by atoms with Crippen LogP contribution in [0.5, 0.6) is 5.88 Å². The molecule has 2 rings (SSSR count). The first kappa shape index (κ1) is 13.6. The Balaban J connectivity index is 2.12. The highest BCUT2D eigenvalue weighted by atomic mass is 35.5. The molecule has 0 aliphatic rings. The molecule has 0 unspecified atom stereocenters. The zero-order chi connectivity index (χ0) is 13.7. The van der Waals surface area contributed by atoms with Crippen molar-refractivity contribution in [1.82, 2.24) is 9.97 Å². The fourth-order valence-corrected chi connectivity index (χ4v) is 1.88. The van der Waals surface area contributed by atoms with E-state index in [2.05, 4.69) is 15.3 Å². The summed E-state index contributed by atoms with van der Waals surface area (Å²) in [6, 6.07) is 7.60. The Morgan fingerprint density at radius 3 is 2.79 bits per heavy atom. The maximum Gasteiger partial charge on any atom is 0.221 e. The standard InChI is InChI=1S/C14H16ClN3O/c1-3-16-13-10(2)14(18-9-17-13)19-8-11-6-4-5-7-12(11)15/h4-7,9H,3,8H2,1-2H3,(H,16,17,18). The average molecular weight is 278 g/mol. The van der Waals surface area contributed by atoms with Gasteiger partial charge in [0.15, 0.2) is 0 Å². The van der Waals surface area contributed by atoms with Gasteiger partial charge in [0.05, 0.1) is 5.56 Å². The Morgan fingerprint density at radius 2 is 2.05 bits per heavy atom. The number of rotatable bonds is 5. The van der Waals surface area contributed by atoms with Crippen molar-refractivity contribution < 1.29 is 4.74 Å². The van der Waals surface area contributed by atoms with Gasteiger partial charge in [0.2, 0.25) is 5.88 Å². The van der Waals surface area contributed by atoms with Crippen LogP contribution < -0.4 is 10.1 Å². The second kappa shape index (κ2) is 6.38. The third kappa shape index (κ3) is 3.35. The van der Waals surface area contributed by atoms with Gasteiger partial charge < -0.3 is 10.1 Å². The summed E-state index contributed by atoms with van der Waals surface area (Å²) in [6.45, 7) is 5.15. The Labute approximate surface area is 117 Å². The fraction of sp³-hybridized carbons (Fsp3) is 0.286. The van der Waals surface area contributed by atoms with Gasteiger partial charge in [-0.15, -0.1) is 0 Å². The molecule has 0 atom stereocenters. The summed E-state index contributed by atoms with van der Waals surface area (Å²) in [5.74, 6) is 1.37. The van der Waals surface area contributed by atoms with Crippen LogP contribution in [0.4, 0.5) is 5.82 Å². The molecule has 0 saturated heterocycles. The zero-order valence-electron chi connectivity index (χ0n) is 11.0. The summed E-state index contributed by atoms with van der Waals surface area (Å²) in [6.07, 6.45) is 1.49. The summed E-state index contributed by atoms with van der Waals surface area (Å²) in [7, 11) is 0. The Kier molecular flexibility index (Phi) is 4.58. The van der Waals surface area contributed by atoms with E-state index in [1.165, 1.54) is 6.33 Å². The van der Waals surface area contributed by atoms with Crippen LogP contribution in [0.2, 0.25) is 5.02 Å². The SMILES string of the molecule is CCNc1ncnc(OCc2ccccc2Cl)c1C. The molecule has 2 aromatic rings. The van der Waals surface area contributed by atoms with Crippen molar-refractivity contribution in [3.8, 4) is 5.88 Å². The van der Waals surface area contributed by atoms with Crippen molar-refractivity contribution in [1.29, 1.82) is 0 Å². The minimum absolute atomic E-state index is 0.392. The largest absolute Gasteiger partial charge is 0.472 e. The molecule has 0 bridgehead atoms. The highest BCUT2D eigenvalue weighted by Gasteiger charge is 2.08. The molecule has 1 N–H and O–H groups in total. The number of nitrogens with zero attached hydrogens (tertiary/aromatic N) is 2. The summed E-state index contributed by atoms with van der Waals surface area (Å²) in [4.78, 5) is 8.32. The number of aromatic nitrogens is 2. The lowest BCUT2D eigenvalue weighted by Crippen LogP contribution is -2.05. The lowest BCUT2D eigenvalue weighted by molar-refractivity contribution is 0.291. The summed E-state index contributed by atoms with van der Waals surface area (Å²) in [5.41, 5.74) is 1.84. The molecular weight excluding hydrogens is 262 g/mol. The van der Waals surface area contributed by atoms with Crippen molar-refractivity contribution >= 4 is 17.4 Å². The highest BCUT2D eigenvalue weighted by Crippen LogP contribution is 2.22. The summed E-state index contributed by atoms with van der Waals surface area (Å²) < 4.78 is 5.72. The van der Waals surface area contributed by atoms with Crippen LogP contribution in [0.25, 0.3) is 0 Å². The van der Waals surface area contributed by atoms with Gasteiger partial charge in [-0.25, -0.2) is 9.97 Å². The maximum absolute atomic E-state index is 6.09. The van der Waals surface area contributed by atoms with E-state index in [-0.39, 0.29) is 0 Å². The van der Waals surface area contributed by atoms with E-state index < -0.39 is 0 Å². The van der Waals surface area contributed by atoms with E-state index in [1.807, 2.05) is 38.1 Å². The predicted molar refractivity (Wildman–Crippen MR) is 76.7 cm³/mol. The van der Waals surface area contributed by atoms with E-state index in [1.54, 1.807) is 0 Å². The highest BCUT2D eigenvalue weighted by molar-refractivity contribution is 6.31. The van der Waals surface area contributed by atoms with Gasteiger partial charge in [-0.3, -0.25) is 0 Å².